The molecule has 2 amide bonds. The summed E-state index contributed by atoms with van der Waals surface area (Å²) >= 11 is 0. The lowest BCUT2D eigenvalue weighted by molar-refractivity contribution is 0.191. The lowest BCUT2D eigenvalue weighted by Gasteiger charge is -2.28. The van der Waals surface area contributed by atoms with Crippen LogP contribution in [0.3, 0.4) is 0 Å². The van der Waals surface area contributed by atoms with Crippen LogP contribution < -0.4 is 10.9 Å². The van der Waals surface area contributed by atoms with Crippen molar-refractivity contribution in [2.75, 3.05) is 7.05 Å². The molecule has 146 valence electrons. The highest BCUT2D eigenvalue weighted by molar-refractivity contribution is 5.86. The largest absolute Gasteiger partial charge is 0.331 e. The number of hydrogen-bond acceptors (Lipinski definition) is 2. The zero-order valence-corrected chi connectivity index (χ0v) is 15.8. The summed E-state index contributed by atoms with van der Waals surface area (Å²) in [6, 6.07) is 10.4. The number of nitrogens with zero attached hydrogens (tertiary/aromatic N) is 1. The Balaban J connectivity index is 1.88. The molecule has 5 nitrogen and oxygen atoms in total. The number of urea groups is 1. The molecule has 0 aliphatic carbocycles. The number of carbonyl (C=O) groups excluding carboxylic acids is 1. The topological polar surface area (TPSA) is 65.2 Å². The summed E-state index contributed by atoms with van der Waals surface area (Å²) in [7, 11) is 1.61. The molecule has 0 fully saturated rings. The molecule has 0 aliphatic heterocycles. The van der Waals surface area contributed by atoms with Gasteiger partial charge in [0.15, 0.2) is 11.6 Å². The van der Waals surface area contributed by atoms with E-state index in [1.54, 1.807) is 14.0 Å². The summed E-state index contributed by atoms with van der Waals surface area (Å²) in [5.41, 5.74) is 0.956. The van der Waals surface area contributed by atoms with Crippen molar-refractivity contribution in [2.45, 2.75) is 25.9 Å². The Morgan fingerprint density at radius 3 is 2.32 bits per heavy atom. The number of halogens is 2. The van der Waals surface area contributed by atoms with Gasteiger partial charge in [-0.05, 0) is 42.5 Å². The number of fused-ring (bicyclic) bond motifs is 1. The molecule has 28 heavy (non-hydrogen) atoms. The van der Waals surface area contributed by atoms with Crippen LogP contribution in [0.15, 0.2) is 53.5 Å². The molecule has 0 saturated carbocycles. The smallest absolute Gasteiger partial charge is 0.318 e. The number of pyridine rings is 1. The van der Waals surface area contributed by atoms with Crippen LogP contribution in [0.5, 0.6) is 0 Å². The third-order valence-electron chi connectivity index (χ3n) is 4.97. The highest BCUT2D eigenvalue weighted by atomic mass is 19.2. The molecule has 2 N–H and O–H groups in total. The Bertz CT molecular complexity index is 1070. The maximum absolute atomic E-state index is 13.8. The van der Waals surface area contributed by atoms with Crippen LogP contribution in [0.2, 0.25) is 0 Å². The minimum absolute atomic E-state index is 0.0368. The molecule has 1 heterocycles. The third kappa shape index (κ3) is 3.74. The van der Waals surface area contributed by atoms with Gasteiger partial charge >= 0.3 is 6.03 Å². The molecule has 1 aromatic heterocycles. The molecule has 0 saturated heterocycles. The van der Waals surface area contributed by atoms with Gasteiger partial charge in [-0.15, -0.1) is 0 Å². The minimum atomic E-state index is -1.09. The van der Waals surface area contributed by atoms with Crippen molar-refractivity contribution >= 4 is 16.8 Å². The number of rotatable bonds is 4. The maximum Gasteiger partial charge on any atom is 0.318 e. The molecule has 3 aromatic rings. The number of aromatic amines is 1. The molecule has 0 bridgehead atoms. The number of hydrogen-bond donors (Lipinski definition) is 2. The molecule has 3 rings (SSSR count). The van der Waals surface area contributed by atoms with Crippen molar-refractivity contribution in [3.63, 3.8) is 0 Å². The highest BCUT2D eigenvalue weighted by Crippen LogP contribution is 2.27. The second kappa shape index (κ2) is 7.80. The van der Waals surface area contributed by atoms with Crippen LogP contribution in [-0.4, -0.2) is 23.0 Å². The van der Waals surface area contributed by atoms with Gasteiger partial charge < -0.3 is 15.2 Å². The Kier molecular flexibility index (Phi) is 5.44. The van der Waals surface area contributed by atoms with Crippen molar-refractivity contribution in [3.8, 4) is 0 Å². The number of benzene rings is 2. The monoisotopic (exact) mass is 385 g/mol. The Morgan fingerprint density at radius 2 is 1.68 bits per heavy atom. The predicted molar refractivity (Wildman–Crippen MR) is 104 cm³/mol. The van der Waals surface area contributed by atoms with Gasteiger partial charge in [-0.1, -0.05) is 30.3 Å². The van der Waals surface area contributed by atoms with Gasteiger partial charge in [0.1, 0.15) is 0 Å². The van der Waals surface area contributed by atoms with E-state index in [-0.39, 0.29) is 22.8 Å². The fourth-order valence-corrected chi connectivity index (χ4v) is 3.11. The summed E-state index contributed by atoms with van der Waals surface area (Å²) in [5.74, 6) is -2.14. The van der Waals surface area contributed by atoms with E-state index >= 15 is 0 Å². The van der Waals surface area contributed by atoms with Crippen molar-refractivity contribution < 1.29 is 13.6 Å². The zero-order valence-electron chi connectivity index (χ0n) is 15.8. The first-order chi connectivity index (χ1) is 13.3. The van der Waals surface area contributed by atoms with Gasteiger partial charge in [0.05, 0.1) is 17.5 Å². The average molecular weight is 385 g/mol. The van der Waals surface area contributed by atoms with E-state index in [9.17, 15) is 18.4 Å². The van der Waals surface area contributed by atoms with Gasteiger partial charge in [0.2, 0.25) is 0 Å². The van der Waals surface area contributed by atoms with E-state index in [4.69, 9.17) is 0 Å². The van der Waals surface area contributed by atoms with Crippen LogP contribution >= 0.6 is 0 Å². The SMILES string of the molecule is CC(c1c[nH]c(=O)c2cc(F)c(F)cc12)N(C)C(=O)N[C@@H](C)c1ccccc1. The number of nitrogens with one attached hydrogen (secondary N) is 2. The predicted octanol–water partition coefficient (Wildman–Crippen LogP) is 4.27. The van der Waals surface area contributed by atoms with Gasteiger partial charge in [-0.2, -0.15) is 0 Å². The number of H-pyrrole nitrogens is 1. The highest BCUT2D eigenvalue weighted by Gasteiger charge is 2.22. The minimum Gasteiger partial charge on any atom is -0.331 e. The molecular formula is C21H21F2N3O2. The van der Waals surface area contributed by atoms with Gasteiger partial charge in [-0.3, -0.25) is 4.79 Å². The Hall–Kier alpha value is -3.22. The quantitative estimate of drug-likeness (QED) is 0.704. The first-order valence-corrected chi connectivity index (χ1v) is 8.88. The third-order valence-corrected chi connectivity index (χ3v) is 4.97. The van der Waals surface area contributed by atoms with E-state index in [0.29, 0.717) is 5.56 Å². The first kappa shape index (κ1) is 19.5. The normalized spacial score (nSPS) is 13.2. The van der Waals surface area contributed by atoms with E-state index in [0.717, 1.165) is 17.7 Å². The molecular weight excluding hydrogens is 364 g/mol. The summed E-state index contributed by atoms with van der Waals surface area (Å²) in [5, 5.41) is 3.21. The molecule has 7 heteroatoms. The van der Waals surface area contributed by atoms with Crippen molar-refractivity contribution in [1.82, 2.24) is 15.2 Å². The lowest BCUT2D eigenvalue weighted by Crippen LogP contribution is -2.40. The molecule has 1 unspecified atom stereocenters. The van der Waals surface area contributed by atoms with Crippen LogP contribution in [0.25, 0.3) is 10.8 Å². The van der Waals surface area contributed by atoms with E-state index in [1.165, 1.54) is 11.1 Å². The summed E-state index contributed by atoms with van der Waals surface area (Å²) in [4.78, 5) is 28.6. The van der Waals surface area contributed by atoms with E-state index < -0.39 is 23.2 Å². The van der Waals surface area contributed by atoms with E-state index in [1.807, 2.05) is 37.3 Å². The van der Waals surface area contributed by atoms with Crippen LogP contribution in [0, 0.1) is 11.6 Å². The van der Waals surface area contributed by atoms with Crippen molar-refractivity contribution in [2.24, 2.45) is 0 Å². The number of amides is 2. The fourth-order valence-electron chi connectivity index (χ4n) is 3.11. The van der Waals surface area contributed by atoms with Crippen LogP contribution in [0.4, 0.5) is 13.6 Å². The van der Waals surface area contributed by atoms with Gasteiger partial charge in [-0.25, -0.2) is 13.6 Å². The second-order valence-corrected chi connectivity index (χ2v) is 6.75. The standard InChI is InChI=1S/C21H21F2N3O2/c1-12(14-7-5-4-6-8-14)25-21(28)26(3)13(2)17-11-24-20(27)16-10-19(23)18(22)9-15(16)17/h4-13H,1-3H3,(H,24,27)(H,25,28)/t12-,13?/m0/s1. The maximum atomic E-state index is 13.8. The molecule has 2 aromatic carbocycles. The first-order valence-electron chi connectivity index (χ1n) is 8.88. The molecule has 0 radical (unpaired) electrons. The number of carbonyl (C=O) groups is 1. The van der Waals surface area contributed by atoms with Gasteiger partial charge in [0.25, 0.3) is 5.56 Å². The summed E-state index contributed by atoms with van der Waals surface area (Å²) in [6.07, 6.45) is 1.43. The second-order valence-electron chi connectivity index (χ2n) is 6.75. The number of aromatic nitrogens is 1. The Morgan fingerprint density at radius 1 is 1.07 bits per heavy atom. The molecule has 0 aliphatic rings. The molecule has 0 spiro atoms. The summed E-state index contributed by atoms with van der Waals surface area (Å²) < 4.78 is 27.3. The Labute approximate surface area is 161 Å². The lowest BCUT2D eigenvalue weighted by atomic mass is 10.0. The average Bonchev–Trinajstić information content (AvgIpc) is 2.69. The van der Waals surface area contributed by atoms with Crippen LogP contribution in [0.1, 0.15) is 37.1 Å². The zero-order chi connectivity index (χ0) is 20.4. The van der Waals surface area contributed by atoms with Gasteiger partial charge in [0, 0.05) is 13.2 Å². The van der Waals surface area contributed by atoms with Crippen LogP contribution in [-0.2, 0) is 0 Å². The van der Waals surface area contributed by atoms with Crippen molar-refractivity contribution in [3.05, 3.63) is 81.8 Å². The van der Waals surface area contributed by atoms with E-state index in [2.05, 4.69) is 10.3 Å². The summed E-state index contributed by atoms with van der Waals surface area (Å²) in [6.45, 7) is 3.63. The fraction of sp³-hybridized carbons (Fsp3) is 0.238. The van der Waals surface area contributed by atoms with Crippen molar-refractivity contribution in [1.29, 1.82) is 0 Å². The molecule has 2 atom stereocenters.